The second kappa shape index (κ2) is 8.41. The van der Waals surface area contributed by atoms with Gasteiger partial charge in [-0.3, -0.25) is 14.6 Å². The fourth-order valence-corrected chi connectivity index (χ4v) is 3.30. The summed E-state index contributed by atoms with van der Waals surface area (Å²) in [6, 6.07) is 6.75. The number of nitrogens with zero attached hydrogens (tertiary/aromatic N) is 2. The third-order valence-electron chi connectivity index (χ3n) is 4.42. The lowest BCUT2D eigenvalue weighted by Crippen LogP contribution is -2.45. The molecule has 2 N–H and O–H groups in total. The molecule has 1 aliphatic rings. The maximum atomic E-state index is 11.7. The summed E-state index contributed by atoms with van der Waals surface area (Å²) in [5, 5.41) is 20.1. The molecule has 8 heteroatoms. The lowest BCUT2D eigenvalue weighted by atomic mass is 10.2. The molecule has 0 bridgehead atoms. The van der Waals surface area contributed by atoms with E-state index < -0.39 is 5.43 Å². The van der Waals surface area contributed by atoms with Gasteiger partial charge < -0.3 is 14.6 Å². The van der Waals surface area contributed by atoms with Gasteiger partial charge in [-0.25, -0.2) is 0 Å². The Morgan fingerprint density at radius 2 is 1.65 bits per heavy atom. The van der Waals surface area contributed by atoms with Gasteiger partial charge in [0, 0.05) is 38.8 Å². The fourth-order valence-electron chi connectivity index (χ4n) is 2.98. The zero-order chi connectivity index (χ0) is 18.7. The number of aliphatic hydroxyl groups excluding tert-OH is 1. The summed E-state index contributed by atoms with van der Waals surface area (Å²) in [5.41, 5.74) is 0.570. The smallest absolute Gasteiger partial charge is 0.227 e. The van der Waals surface area contributed by atoms with Crippen molar-refractivity contribution in [3.05, 3.63) is 61.6 Å². The summed E-state index contributed by atoms with van der Waals surface area (Å²) in [6.45, 7) is 3.96. The first kappa shape index (κ1) is 19.2. The molecule has 0 amide bonds. The molecule has 2 heterocycles. The van der Waals surface area contributed by atoms with Gasteiger partial charge in [-0.1, -0.05) is 29.3 Å². The summed E-state index contributed by atoms with van der Waals surface area (Å²) in [7, 11) is 0. The van der Waals surface area contributed by atoms with E-state index in [4.69, 9.17) is 32.7 Å². The van der Waals surface area contributed by atoms with E-state index in [-0.39, 0.29) is 23.9 Å². The zero-order valence-electron chi connectivity index (χ0n) is 14.1. The average Bonchev–Trinajstić information content (AvgIpc) is 2.63. The number of rotatable bonds is 5. The molecule has 3 rings (SSSR count). The minimum Gasteiger partial charge on any atom is -0.502 e. The Hall–Kier alpha value is -1.57. The Morgan fingerprint density at radius 3 is 2.27 bits per heavy atom. The summed E-state index contributed by atoms with van der Waals surface area (Å²) >= 11 is 12.0. The van der Waals surface area contributed by atoms with E-state index in [1.165, 1.54) is 0 Å². The molecule has 1 saturated heterocycles. The molecule has 1 aromatic carbocycles. The van der Waals surface area contributed by atoms with Crippen LogP contribution in [-0.4, -0.2) is 46.2 Å². The Labute approximate surface area is 161 Å². The van der Waals surface area contributed by atoms with Gasteiger partial charge >= 0.3 is 0 Å². The molecule has 0 unspecified atom stereocenters. The van der Waals surface area contributed by atoms with Crippen molar-refractivity contribution in [2.45, 2.75) is 19.7 Å². The summed E-state index contributed by atoms with van der Waals surface area (Å²) in [5.74, 6) is -0.0408. The van der Waals surface area contributed by atoms with E-state index in [2.05, 4.69) is 9.80 Å². The van der Waals surface area contributed by atoms with Crippen LogP contribution >= 0.6 is 23.2 Å². The number of piperazine rings is 1. The van der Waals surface area contributed by atoms with Gasteiger partial charge in [0.2, 0.25) is 11.2 Å². The summed E-state index contributed by atoms with van der Waals surface area (Å²) < 4.78 is 5.41. The van der Waals surface area contributed by atoms with Crippen LogP contribution < -0.4 is 5.43 Å². The Morgan fingerprint density at radius 1 is 1.00 bits per heavy atom. The molecule has 0 radical (unpaired) electrons. The van der Waals surface area contributed by atoms with Crippen molar-refractivity contribution in [2.24, 2.45) is 0 Å². The van der Waals surface area contributed by atoms with E-state index in [1.807, 2.05) is 12.1 Å². The number of aromatic hydroxyl groups is 1. The Kier molecular flexibility index (Phi) is 6.21. The minimum absolute atomic E-state index is 0.154. The molecule has 1 aromatic heterocycles. The Bertz CT molecular complexity index is 832. The van der Waals surface area contributed by atoms with Gasteiger partial charge in [-0.2, -0.15) is 0 Å². The van der Waals surface area contributed by atoms with Crippen LogP contribution in [0.2, 0.25) is 10.0 Å². The second-order valence-corrected chi connectivity index (χ2v) is 7.12. The first-order valence-electron chi connectivity index (χ1n) is 8.30. The van der Waals surface area contributed by atoms with Crippen molar-refractivity contribution in [3.8, 4) is 5.75 Å². The van der Waals surface area contributed by atoms with Crippen molar-refractivity contribution in [3.63, 3.8) is 0 Å². The highest BCUT2D eigenvalue weighted by molar-refractivity contribution is 6.42. The molecule has 6 nitrogen and oxygen atoms in total. The van der Waals surface area contributed by atoms with Crippen LogP contribution in [0.1, 0.15) is 17.1 Å². The molecule has 0 aliphatic carbocycles. The van der Waals surface area contributed by atoms with Crippen molar-refractivity contribution in [2.75, 3.05) is 26.2 Å². The van der Waals surface area contributed by atoms with Gasteiger partial charge in [0.05, 0.1) is 16.6 Å². The van der Waals surface area contributed by atoms with Crippen LogP contribution in [-0.2, 0) is 19.7 Å². The van der Waals surface area contributed by atoms with E-state index in [1.54, 1.807) is 6.07 Å². The van der Waals surface area contributed by atoms with Crippen LogP contribution in [0.3, 0.4) is 0 Å². The first-order valence-corrected chi connectivity index (χ1v) is 9.06. The number of hydrogen-bond donors (Lipinski definition) is 2. The highest BCUT2D eigenvalue weighted by Gasteiger charge is 2.20. The molecule has 0 saturated carbocycles. The van der Waals surface area contributed by atoms with Crippen molar-refractivity contribution < 1.29 is 14.6 Å². The largest absolute Gasteiger partial charge is 0.502 e. The average molecular weight is 399 g/mol. The zero-order valence-corrected chi connectivity index (χ0v) is 15.6. The second-order valence-electron chi connectivity index (χ2n) is 6.31. The van der Waals surface area contributed by atoms with Gasteiger partial charge in [0.1, 0.15) is 12.4 Å². The summed E-state index contributed by atoms with van der Waals surface area (Å²) in [4.78, 5) is 16.1. The highest BCUT2D eigenvalue weighted by atomic mass is 35.5. The standard InChI is InChI=1S/C18H20Cl2N2O4/c19-14-2-1-12(7-15(14)20)9-21-3-5-22(6-4-21)10-17-18(25)16(24)8-13(11-23)26-17/h1-2,7-8,23,25H,3-6,9-11H2. The number of benzene rings is 1. The Balaban J connectivity index is 1.58. The van der Waals surface area contributed by atoms with Crippen LogP contribution in [0.15, 0.2) is 33.5 Å². The molecule has 140 valence electrons. The topological polar surface area (TPSA) is 77.2 Å². The monoisotopic (exact) mass is 398 g/mol. The van der Waals surface area contributed by atoms with Gasteiger partial charge in [-0.05, 0) is 17.7 Å². The molecular weight excluding hydrogens is 379 g/mol. The van der Waals surface area contributed by atoms with Crippen molar-refractivity contribution in [1.29, 1.82) is 0 Å². The maximum Gasteiger partial charge on any atom is 0.227 e. The third-order valence-corrected chi connectivity index (χ3v) is 5.16. The third kappa shape index (κ3) is 4.58. The molecule has 1 aliphatic heterocycles. The fraction of sp³-hybridized carbons (Fsp3) is 0.389. The SMILES string of the molecule is O=c1cc(CO)oc(CN2CCN(Cc3ccc(Cl)c(Cl)c3)CC2)c1O. The molecule has 0 spiro atoms. The number of aliphatic hydroxyl groups is 1. The van der Waals surface area contributed by atoms with Gasteiger partial charge in [0.15, 0.2) is 5.76 Å². The van der Waals surface area contributed by atoms with Crippen LogP contribution in [0, 0.1) is 0 Å². The van der Waals surface area contributed by atoms with Crippen LogP contribution in [0.25, 0.3) is 0 Å². The van der Waals surface area contributed by atoms with Gasteiger partial charge in [-0.15, -0.1) is 0 Å². The van der Waals surface area contributed by atoms with E-state index in [0.29, 0.717) is 16.6 Å². The van der Waals surface area contributed by atoms with Crippen molar-refractivity contribution in [1.82, 2.24) is 9.80 Å². The molecule has 2 aromatic rings. The molecular formula is C18H20Cl2N2O4. The van der Waals surface area contributed by atoms with Crippen LogP contribution in [0.4, 0.5) is 0 Å². The lowest BCUT2D eigenvalue weighted by Gasteiger charge is -2.34. The first-order chi connectivity index (χ1) is 12.5. The van der Waals surface area contributed by atoms with Crippen LogP contribution in [0.5, 0.6) is 5.75 Å². The number of hydrogen-bond acceptors (Lipinski definition) is 6. The normalized spacial score (nSPS) is 16.1. The molecule has 26 heavy (non-hydrogen) atoms. The molecule has 1 fully saturated rings. The quantitative estimate of drug-likeness (QED) is 0.805. The number of halogens is 2. The summed E-state index contributed by atoms with van der Waals surface area (Å²) in [6.07, 6.45) is 0. The predicted molar refractivity (Wildman–Crippen MR) is 99.6 cm³/mol. The minimum atomic E-state index is -0.534. The van der Waals surface area contributed by atoms with Crippen molar-refractivity contribution >= 4 is 23.2 Å². The lowest BCUT2D eigenvalue weighted by molar-refractivity contribution is 0.112. The van der Waals surface area contributed by atoms with E-state index in [9.17, 15) is 9.90 Å². The molecule has 0 atom stereocenters. The predicted octanol–water partition coefficient (Wildman–Crippen LogP) is 2.46. The highest BCUT2D eigenvalue weighted by Crippen LogP contribution is 2.24. The maximum absolute atomic E-state index is 11.7. The van der Waals surface area contributed by atoms with E-state index >= 15 is 0 Å². The van der Waals surface area contributed by atoms with E-state index in [0.717, 1.165) is 44.4 Å². The van der Waals surface area contributed by atoms with Gasteiger partial charge in [0.25, 0.3) is 0 Å².